The number of carbonyl (C=O) groups excluding carboxylic acids is 1. The average Bonchev–Trinajstić information content (AvgIpc) is 2.98. The number of allylic oxidation sites excluding steroid dienone is 2. The predicted octanol–water partition coefficient (Wildman–Crippen LogP) is 8.13. The van der Waals surface area contributed by atoms with Crippen molar-refractivity contribution in [3.63, 3.8) is 0 Å². The van der Waals surface area contributed by atoms with Crippen molar-refractivity contribution in [1.82, 2.24) is 0 Å². The van der Waals surface area contributed by atoms with Gasteiger partial charge in [0, 0.05) is 17.4 Å². The number of ketones is 1. The van der Waals surface area contributed by atoms with Crippen molar-refractivity contribution in [3.8, 4) is 0 Å². The molecule has 4 aliphatic rings. The van der Waals surface area contributed by atoms with Gasteiger partial charge in [0.15, 0.2) is 5.78 Å². The molecule has 4 rings (SSSR count). The summed E-state index contributed by atoms with van der Waals surface area (Å²) in [5.41, 5.74) is 2.11. The van der Waals surface area contributed by atoms with Gasteiger partial charge >= 0.3 is 0 Å². The summed E-state index contributed by atoms with van der Waals surface area (Å²) in [5, 5.41) is 11.3. The molecule has 2 saturated carbocycles. The largest absolute Gasteiger partial charge is 0.390 e. The second-order valence-electron chi connectivity index (χ2n) is 14.6. The molecule has 188 valence electrons. The van der Waals surface area contributed by atoms with E-state index in [1.54, 1.807) is 0 Å². The zero-order valence-electron chi connectivity index (χ0n) is 23.2. The molecule has 1 N–H and O–H groups in total. The Kier molecular flexibility index (Phi) is 6.13. The maximum atomic E-state index is 14.0. The topological polar surface area (TPSA) is 37.3 Å². The van der Waals surface area contributed by atoms with E-state index in [0.717, 1.165) is 37.0 Å². The Hall–Kier alpha value is -0.630. The van der Waals surface area contributed by atoms with Crippen LogP contribution in [0.15, 0.2) is 11.1 Å². The van der Waals surface area contributed by atoms with Crippen LogP contribution in [0.25, 0.3) is 0 Å². The third kappa shape index (κ3) is 3.47. The summed E-state index contributed by atoms with van der Waals surface area (Å²) in [4.78, 5) is 14.0. The molecule has 0 aromatic carbocycles. The van der Waals surface area contributed by atoms with Crippen LogP contribution in [-0.4, -0.2) is 16.5 Å². The predicted molar refractivity (Wildman–Crippen MR) is 138 cm³/mol. The Bertz CT molecular complexity index is 832. The van der Waals surface area contributed by atoms with Gasteiger partial charge in [-0.15, -0.1) is 0 Å². The van der Waals surface area contributed by atoms with E-state index < -0.39 is 5.60 Å². The van der Waals surface area contributed by atoms with Crippen molar-refractivity contribution in [1.29, 1.82) is 0 Å². The maximum Gasteiger partial charge on any atom is 0.159 e. The summed E-state index contributed by atoms with van der Waals surface area (Å²) in [6, 6.07) is 0. The van der Waals surface area contributed by atoms with E-state index in [2.05, 4.69) is 55.4 Å². The van der Waals surface area contributed by atoms with Crippen LogP contribution in [-0.2, 0) is 4.79 Å². The van der Waals surface area contributed by atoms with Gasteiger partial charge in [-0.2, -0.15) is 0 Å². The molecule has 4 aliphatic carbocycles. The first-order valence-corrected chi connectivity index (χ1v) is 14.1. The van der Waals surface area contributed by atoms with Crippen LogP contribution in [0.5, 0.6) is 0 Å². The zero-order chi connectivity index (χ0) is 24.6. The number of aliphatic hydroxyl groups is 1. The van der Waals surface area contributed by atoms with Crippen molar-refractivity contribution >= 4 is 5.78 Å². The highest BCUT2D eigenvalue weighted by atomic mass is 16.3. The highest BCUT2D eigenvalue weighted by Gasteiger charge is 2.66. The number of carbonyl (C=O) groups is 1. The fourth-order valence-electron chi connectivity index (χ4n) is 9.48. The summed E-state index contributed by atoms with van der Waals surface area (Å²) in [7, 11) is 0. The Morgan fingerprint density at radius 3 is 2.24 bits per heavy atom. The molecule has 0 amide bonds. The lowest BCUT2D eigenvalue weighted by Gasteiger charge is -2.63. The smallest absolute Gasteiger partial charge is 0.159 e. The number of hydrogen-bond acceptors (Lipinski definition) is 2. The first kappa shape index (κ1) is 25.5. The molecule has 0 aromatic heterocycles. The van der Waals surface area contributed by atoms with Gasteiger partial charge in [-0.05, 0) is 85.4 Å². The lowest BCUT2D eigenvalue weighted by Crippen LogP contribution is -2.60. The summed E-state index contributed by atoms with van der Waals surface area (Å²) in [6.45, 7) is 21.1. The van der Waals surface area contributed by atoms with Crippen molar-refractivity contribution < 1.29 is 9.90 Å². The fourth-order valence-corrected chi connectivity index (χ4v) is 9.48. The second-order valence-corrected chi connectivity index (χ2v) is 14.6. The van der Waals surface area contributed by atoms with Crippen LogP contribution in [0.1, 0.15) is 127 Å². The number of rotatable bonds is 5. The van der Waals surface area contributed by atoms with E-state index in [1.165, 1.54) is 49.7 Å². The summed E-state index contributed by atoms with van der Waals surface area (Å²) in [6.07, 6.45) is 11.2. The van der Waals surface area contributed by atoms with Crippen molar-refractivity contribution in [3.05, 3.63) is 11.1 Å². The van der Waals surface area contributed by atoms with Gasteiger partial charge in [-0.25, -0.2) is 0 Å². The molecule has 2 fully saturated rings. The minimum Gasteiger partial charge on any atom is -0.390 e. The Morgan fingerprint density at radius 2 is 1.61 bits per heavy atom. The average molecular weight is 457 g/mol. The third-order valence-corrected chi connectivity index (χ3v) is 12.4. The van der Waals surface area contributed by atoms with E-state index in [0.29, 0.717) is 12.2 Å². The van der Waals surface area contributed by atoms with Crippen LogP contribution < -0.4 is 0 Å². The molecule has 0 bridgehead atoms. The highest BCUT2D eigenvalue weighted by molar-refractivity contribution is 5.99. The van der Waals surface area contributed by atoms with Crippen LogP contribution in [0.2, 0.25) is 0 Å². The van der Waals surface area contributed by atoms with E-state index in [-0.39, 0.29) is 27.6 Å². The van der Waals surface area contributed by atoms with Crippen LogP contribution in [0.3, 0.4) is 0 Å². The lowest BCUT2D eigenvalue weighted by molar-refractivity contribution is -0.163. The summed E-state index contributed by atoms with van der Waals surface area (Å²) in [5.74, 6) is 2.91. The number of fused-ring (bicyclic) bond motifs is 4. The molecule has 0 spiro atoms. The maximum absolute atomic E-state index is 14.0. The Labute approximate surface area is 204 Å². The van der Waals surface area contributed by atoms with E-state index in [9.17, 15) is 9.90 Å². The first-order chi connectivity index (χ1) is 15.1. The highest BCUT2D eigenvalue weighted by Crippen LogP contribution is 2.72. The van der Waals surface area contributed by atoms with Gasteiger partial charge < -0.3 is 5.11 Å². The van der Waals surface area contributed by atoms with Crippen LogP contribution >= 0.6 is 0 Å². The zero-order valence-corrected chi connectivity index (χ0v) is 23.2. The quantitative estimate of drug-likeness (QED) is 0.453. The van der Waals surface area contributed by atoms with Crippen molar-refractivity contribution in [2.45, 2.75) is 132 Å². The number of hydrogen-bond donors (Lipinski definition) is 1. The molecule has 0 saturated heterocycles. The molecular weight excluding hydrogens is 404 g/mol. The minimum atomic E-state index is -0.702. The van der Waals surface area contributed by atoms with Crippen molar-refractivity contribution in [2.75, 3.05) is 0 Å². The molecule has 7 unspecified atom stereocenters. The summed E-state index contributed by atoms with van der Waals surface area (Å²) >= 11 is 0. The Morgan fingerprint density at radius 1 is 0.939 bits per heavy atom. The lowest BCUT2D eigenvalue weighted by atomic mass is 9.41. The van der Waals surface area contributed by atoms with Crippen LogP contribution in [0, 0.1) is 45.3 Å². The molecule has 0 aliphatic heterocycles. The minimum absolute atomic E-state index is 0.0206. The van der Waals surface area contributed by atoms with Gasteiger partial charge in [-0.3, -0.25) is 4.79 Å². The molecule has 7 atom stereocenters. The molecule has 0 radical (unpaired) electrons. The standard InChI is InChI=1S/C31H52O2/c1-20(2)11-10-12-21(3)22-13-16-30(8)26-23(14-15-29(22,30)7)28(6)17-18-31(9,33)27(4,5)25(28)19-24(26)32/h20-22,25,33H,10-19H2,1-9H3. The SMILES string of the molecule is CC(C)CCCC(C)C1CCC2(C)C3=C(CCC12C)C1(C)CCC(C)(O)C(C)(C)C1CC3=O. The van der Waals surface area contributed by atoms with E-state index in [4.69, 9.17) is 0 Å². The van der Waals surface area contributed by atoms with Crippen molar-refractivity contribution in [2.24, 2.45) is 45.3 Å². The fraction of sp³-hybridized carbons (Fsp3) is 0.903. The van der Waals surface area contributed by atoms with Gasteiger partial charge in [0.1, 0.15) is 0 Å². The van der Waals surface area contributed by atoms with Gasteiger partial charge in [-0.1, -0.05) is 80.2 Å². The molecule has 33 heavy (non-hydrogen) atoms. The first-order valence-electron chi connectivity index (χ1n) is 14.1. The molecular formula is C31H52O2. The van der Waals surface area contributed by atoms with E-state index in [1.807, 2.05) is 6.92 Å². The van der Waals surface area contributed by atoms with Gasteiger partial charge in [0.2, 0.25) is 0 Å². The normalized spacial score (nSPS) is 45.6. The molecule has 0 heterocycles. The summed E-state index contributed by atoms with van der Waals surface area (Å²) < 4.78 is 0. The van der Waals surface area contributed by atoms with Crippen LogP contribution in [0.4, 0.5) is 0 Å². The monoisotopic (exact) mass is 456 g/mol. The molecule has 2 heteroatoms. The van der Waals surface area contributed by atoms with Gasteiger partial charge in [0.05, 0.1) is 5.60 Å². The molecule has 2 nitrogen and oxygen atoms in total. The second kappa shape index (κ2) is 7.94. The molecule has 0 aromatic rings. The number of Topliss-reactive ketones (excluding diaryl/α,β-unsaturated/α-hetero) is 1. The Balaban J connectivity index is 1.69. The van der Waals surface area contributed by atoms with Gasteiger partial charge in [0.25, 0.3) is 0 Å². The van der Waals surface area contributed by atoms with E-state index >= 15 is 0 Å². The third-order valence-electron chi connectivity index (χ3n) is 12.4.